The second kappa shape index (κ2) is 3.21. The van der Waals surface area contributed by atoms with Crippen LogP contribution >= 0.6 is 0 Å². The monoisotopic (exact) mass is 209 g/mol. The molecule has 0 bridgehead atoms. The summed E-state index contributed by atoms with van der Waals surface area (Å²) in [5.74, 6) is 1.49. The highest BCUT2D eigenvalue weighted by molar-refractivity contribution is 5.77. The first-order valence-electron chi connectivity index (χ1n) is 6.14. The molecule has 0 aliphatic heterocycles. The molecule has 0 radical (unpaired) electrons. The van der Waals surface area contributed by atoms with Gasteiger partial charge < -0.3 is 10.4 Å². The van der Waals surface area contributed by atoms with Gasteiger partial charge in [-0.15, -0.1) is 0 Å². The third-order valence-electron chi connectivity index (χ3n) is 4.52. The van der Waals surface area contributed by atoms with Crippen molar-refractivity contribution in [1.29, 1.82) is 0 Å². The second-order valence-corrected chi connectivity index (χ2v) is 5.69. The summed E-state index contributed by atoms with van der Waals surface area (Å²) in [5, 5.41) is 12.4. The molecule has 84 valence electrons. The Kier molecular flexibility index (Phi) is 2.06. The van der Waals surface area contributed by atoms with Gasteiger partial charge in [-0.05, 0) is 49.4 Å². The maximum atomic E-state index is 11.6. The molecule has 3 nitrogen and oxygen atoms in total. The highest BCUT2D eigenvalue weighted by Crippen LogP contribution is 2.63. The Morgan fingerprint density at radius 1 is 1.40 bits per heavy atom. The molecular formula is C12H19NO2. The molecule has 3 saturated carbocycles. The number of amides is 1. The SMILES string of the molecule is O=C(CC1CC1)NC1CCC2(CO)CC12. The van der Waals surface area contributed by atoms with E-state index >= 15 is 0 Å². The third-order valence-corrected chi connectivity index (χ3v) is 4.52. The molecule has 0 saturated heterocycles. The van der Waals surface area contributed by atoms with Crippen LogP contribution < -0.4 is 5.32 Å². The van der Waals surface area contributed by atoms with Gasteiger partial charge in [0.05, 0.1) is 0 Å². The Hall–Kier alpha value is -0.570. The predicted molar refractivity (Wildman–Crippen MR) is 56.1 cm³/mol. The Morgan fingerprint density at radius 2 is 2.20 bits per heavy atom. The van der Waals surface area contributed by atoms with E-state index in [9.17, 15) is 9.90 Å². The van der Waals surface area contributed by atoms with E-state index in [4.69, 9.17) is 0 Å². The van der Waals surface area contributed by atoms with Crippen LogP contribution in [0, 0.1) is 17.3 Å². The van der Waals surface area contributed by atoms with Gasteiger partial charge in [0.25, 0.3) is 0 Å². The van der Waals surface area contributed by atoms with Gasteiger partial charge in [-0.1, -0.05) is 0 Å². The lowest BCUT2D eigenvalue weighted by Crippen LogP contribution is -2.35. The molecule has 1 amide bonds. The molecule has 3 aliphatic rings. The zero-order valence-electron chi connectivity index (χ0n) is 9.04. The minimum absolute atomic E-state index is 0.206. The number of carbonyl (C=O) groups excluding carboxylic acids is 1. The van der Waals surface area contributed by atoms with E-state index < -0.39 is 0 Å². The number of rotatable bonds is 4. The van der Waals surface area contributed by atoms with E-state index in [1.807, 2.05) is 0 Å². The highest BCUT2D eigenvalue weighted by Gasteiger charge is 2.61. The summed E-state index contributed by atoms with van der Waals surface area (Å²) >= 11 is 0. The van der Waals surface area contributed by atoms with Crippen LogP contribution in [0.3, 0.4) is 0 Å². The maximum Gasteiger partial charge on any atom is 0.220 e. The fourth-order valence-electron chi connectivity index (χ4n) is 3.16. The van der Waals surface area contributed by atoms with Gasteiger partial charge in [0, 0.05) is 19.1 Å². The van der Waals surface area contributed by atoms with Crippen molar-refractivity contribution in [2.24, 2.45) is 17.3 Å². The van der Waals surface area contributed by atoms with Gasteiger partial charge in [-0.25, -0.2) is 0 Å². The van der Waals surface area contributed by atoms with Gasteiger partial charge >= 0.3 is 0 Å². The summed E-state index contributed by atoms with van der Waals surface area (Å²) in [7, 11) is 0. The molecule has 3 unspecified atom stereocenters. The van der Waals surface area contributed by atoms with Gasteiger partial charge in [0.2, 0.25) is 5.91 Å². The summed E-state index contributed by atoms with van der Waals surface area (Å²) < 4.78 is 0. The van der Waals surface area contributed by atoms with Gasteiger partial charge in [0.1, 0.15) is 0 Å². The Morgan fingerprint density at radius 3 is 2.73 bits per heavy atom. The van der Waals surface area contributed by atoms with Gasteiger partial charge in [-0.2, -0.15) is 0 Å². The summed E-state index contributed by atoms with van der Waals surface area (Å²) in [6, 6.07) is 0.364. The van der Waals surface area contributed by atoms with E-state index in [1.165, 1.54) is 12.8 Å². The maximum absolute atomic E-state index is 11.6. The molecule has 0 aromatic carbocycles. The molecule has 0 aromatic heterocycles. The molecule has 0 aromatic rings. The normalized spacial score (nSPS) is 42.5. The van der Waals surface area contributed by atoms with Crippen LogP contribution in [-0.4, -0.2) is 23.7 Å². The highest BCUT2D eigenvalue weighted by atomic mass is 16.3. The van der Waals surface area contributed by atoms with Crippen molar-refractivity contribution in [2.75, 3.05) is 6.61 Å². The van der Waals surface area contributed by atoms with Crippen LogP contribution in [0.25, 0.3) is 0 Å². The standard InChI is InChI=1S/C12H19NO2/c14-7-12-4-3-10(9(12)6-12)13-11(15)5-8-1-2-8/h8-10,14H,1-7H2,(H,13,15). The number of nitrogens with one attached hydrogen (secondary N) is 1. The number of fused-ring (bicyclic) bond motifs is 1. The van der Waals surface area contributed by atoms with Crippen molar-refractivity contribution in [1.82, 2.24) is 5.32 Å². The molecule has 0 heterocycles. The minimum atomic E-state index is 0.206. The Bertz CT molecular complexity index is 287. The topological polar surface area (TPSA) is 49.3 Å². The van der Waals surface area contributed by atoms with E-state index in [1.54, 1.807) is 0 Å². The van der Waals surface area contributed by atoms with Crippen LogP contribution in [0.2, 0.25) is 0 Å². The molecule has 3 fully saturated rings. The number of carbonyl (C=O) groups is 1. The second-order valence-electron chi connectivity index (χ2n) is 5.69. The average molecular weight is 209 g/mol. The lowest BCUT2D eigenvalue weighted by atomic mass is 10.1. The first kappa shape index (κ1) is 9.64. The van der Waals surface area contributed by atoms with E-state index in [2.05, 4.69) is 5.32 Å². The quantitative estimate of drug-likeness (QED) is 0.727. The number of aliphatic hydroxyl groups excluding tert-OH is 1. The Labute approximate surface area is 90.2 Å². The van der Waals surface area contributed by atoms with Crippen molar-refractivity contribution in [3.8, 4) is 0 Å². The summed E-state index contributed by atoms with van der Waals surface area (Å²) in [4.78, 5) is 11.6. The van der Waals surface area contributed by atoms with Crippen molar-refractivity contribution in [3.05, 3.63) is 0 Å². The molecule has 3 heteroatoms. The van der Waals surface area contributed by atoms with Gasteiger partial charge in [0.15, 0.2) is 0 Å². The largest absolute Gasteiger partial charge is 0.396 e. The molecule has 3 rings (SSSR count). The zero-order valence-corrected chi connectivity index (χ0v) is 9.04. The number of hydrogen-bond acceptors (Lipinski definition) is 2. The molecule has 15 heavy (non-hydrogen) atoms. The lowest BCUT2D eigenvalue weighted by molar-refractivity contribution is -0.122. The van der Waals surface area contributed by atoms with Crippen molar-refractivity contribution in [3.63, 3.8) is 0 Å². The number of aliphatic hydroxyl groups is 1. The van der Waals surface area contributed by atoms with Crippen LogP contribution in [0.5, 0.6) is 0 Å². The molecular weight excluding hydrogens is 190 g/mol. The summed E-state index contributed by atoms with van der Waals surface area (Å²) in [5.41, 5.74) is 0.206. The fourth-order valence-corrected chi connectivity index (χ4v) is 3.16. The van der Waals surface area contributed by atoms with Crippen molar-refractivity contribution >= 4 is 5.91 Å². The van der Waals surface area contributed by atoms with Gasteiger partial charge in [-0.3, -0.25) is 4.79 Å². The van der Waals surface area contributed by atoms with Crippen LogP contribution in [0.1, 0.15) is 38.5 Å². The van der Waals surface area contributed by atoms with E-state index in [0.29, 0.717) is 24.5 Å². The van der Waals surface area contributed by atoms with Crippen molar-refractivity contribution < 1.29 is 9.90 Å². The molecule has 3 aliphatic carbocycles. The molecule has 2 N–H and O–H groups in total. The van der Waals surface area contributed by atoms with E-state index in [0.717, 1.165) is 25.7 Å². The van der Waals surface area contributed by atoms with Crippen LogP contribution in [0.15, 0.2) is 0 Å². The molecule has 0 spiro atoms. The van der Waals surface area contributed by atoms with Crippen LogP contribution in [-0.2, 0) is 4.79 Å². The summed E-state index contributed by atoms with van der Waals surface area (Å²) in [6.07, 6.45) is 6.50. The van der Waals surface area contributed by atoms with Crippen LogP contribution in [0.4, 0.5) is 0 Å². The molecule has 3 atom stereocenters. The first-order valence-corrected chi connectivity index (χ1v) is 6.14. The minimum Gasteiger partial charge on any atom is -0.396 e. The van der Waals surface area contributed by atoms with E-state index in [-0.39, 0.29) is 11.3 Å². The first-order chi connectivity index (χ1) is 7.23. The smallest absolute Gasteiger partial charge is 0.220 e. The number of hydrogen-bond donors (Lipinski definition) is 2. The third kappa shape index (κ3) is 1.67. The van der Waals surface area contributed by atoms with Crippen molar-refractivity contribution in [2.45, 2.75) is 44.6 Å². The fraction of sp³-hybridized carbons (Fsp3) is 0.917. The lowest BCUT2D eigenvalue weighted by Gasteiger charge is -2.13. The average Bonchev–Trinajstić information content (AvgIpc) is 3.10. The zero-order chi connectivity index (χ0) is 10.5. The predicted octanol–water partition coefficient (Wildman–Crippen LogP) is 1.06. The summed E-state index contributed by atoms with van der Waals surface area (Å²) in [6.45, 7) is 0.312. The Balaban J connectivity index is 1.50.